The molecule has 5 nitrogen and oxygen atoms in total. The van der Waals surface area contributed by atoms with Crippen molar-refractivity contribution in [1.82, 2.24) is 5.32 Å². The van der Waals surface area contributed by atoms with Gasteiger partial charge >= 0.3 is 0 Å². The van der Waals surface area contributed by atoms with Crippen molar-refractivity contribution in [2.45, 2.75) is 32.6 Å². The van der Waals surface area contributed by atoms with Crippen LogP contribution in [-0.4, -0.2) is 17.4 Å². The highest BCUT2D eigenvalue weighted by molar-refractivity contribution is 14.1. The summed E-state index contributed by atoms with van der Waals surface area (Å²) in [7, 11) is 0. The van der Waals surface area contributed by atoms with Gasteiger partial charge in [0.25, 0.3) is 11.6 Å². The molecule has 1 aromatic carbocycles. The van der Waals surface area contributed by atoms with Gasteiger partial charge < -0.3 is 5.32 Å². The lowest BCUT2D eigenvalue weighted by atomic mass is 10.1. The van der Waals surface area contributed by atoms with Crippen molar-refractivity contribution in [1.29, 1.82) is 0 Å². The molecule has 0 heterocycles. The van der Waals surface area contributed by atoms with E-state index < -0.39 is 4.92 Å². The fourth-order valence-electron chi connectivity index (χ4n) is 1.65. The van der Waals surface area contributed by atoms with E-state index in [9.17, 15) is 14.9 Å². The molecule has 0 spiro atoms. The first-order chi connectivity index (χ1) is 9.06. The van der Waals surface area contributed by atoms with Crippen LogP contribution >= 0.6 is 22.6 Å². The standard InChI is InChI=1S/C13H17IN2O3/c1-2-3-4-5-8-15-13(17)11-9-10(16(18)19)6-7-12(11)14/h6-7,9H,2-5,8H2,1H3,(H,15,17). The summed E-state index contributed by atoms with van der Waals surface area (Å²) in [6.45, 7) is 2.74. The first kappa shape index (κ1) is 15.9. The Morgan fingerprint density at radius 3 is 2.74 bits per heavy atom. The second-order valence-electron chi connectivity index (χ2n) is 4.24. The first-order valence-electron chi connectivity index (χ1n) is 6.28. The highest BCUT2D eigenvalue weighted by atomic mass is 127. The number of nitrogens with one attached hydrogen (secondary N) is 1. The third kappa shape index (κ3) is 5.14. The van der Waals surface area contributed by atoms with E-state index in [2.05, 4.69) is 12.2 Å². The molecule has 0 aliphatic heterocycles. The Morgan fingerprint density at radius 2 is 2.11 bits per heavy atom. The van der Waals surface area contributed by atoms with E-state index in [1.54, 1.807) is 6.07 Å². The normalized spacial score (nSPS) is 10.2. The molecule has 0 bridgehead atoms. The number of nitro benzene ring substituents is 1. The fourth-order valence-corrected chi connectivity index (χ4v) is 2.23. The zero-order chi connectivity index (χ0) is 14.3. The van der Waals surface area contributed by atoms with Gasteiger partial charge in [-0.05, 0) is 35.1 Å². The topological polar surface area (TPSA) is 72.2 Å². The summed E-state index contributed by atoms with van der Waals surface area (Å²) in [5.74, 6) is -0.246. The predicted molar refractivity (Wildman–Crippen MR) is 82.3 cm³/mol. The van der Waals surface area contributed by atoms with Gasteiger partial charge in [0, 0.05) is 22.2 Å². The number of amides is 1. The minimum absolute atomic E-state index is 0.0588. The number of carbonyl (C=O) groups is 1. The van der Waals surface area contributed by atoms with E-state index in [0.29, 0.717) is 15.7 Å². The van der Waals surface area contributed by atoms with Crippen molar-refractivity contribution in [3.63, 3.8) is 0 Å². The quantitative estimate of drug-likeness (QED) is 0.343. The molecule has 1 aromatic rings. The molecule has 0 saturated heterocycles. The molecular formula is C13H17IN2O3. The summed E-state index contributed by atoms with van der Waals surface area (Å²) < 4.78 is 0.717. The molecule has 0 aliphatic carbocycles. The monoisotopic (exact) mass is 376 g/mol. The van der Waals surface area contributed by atoms with Crippen molar-refractivity contribution in [2.24, 2.45) is 0 Å². The number of halogens is 1. The molecule has 19 heavy (non-hydrogen) atoms. The second-order valence-corrected chi connectivity index (χ2v) is 5.40. The Hall–Kier alpha value is -1.18. The van der Waals surface area contributed by atoms with Crippen LogP contribution in [0.5, 0.6) is 0 Å². The zero-order valence-corrected chi connectivity index (χ0v) is 13.0. The lowest BCUT2D eigenvalue weighted by molar-refractivity contribution is -0.384. The van der Waals surface area contributed by atoms with Crippen LogP contribution in [0.1, 0.15) is 43.0 Å². The van der Waals surface area contributed by atoms with Crippen molar-refractivity contribution in [3.8, 4) is 0 Å². The number of carbonyl (C=O) groups excluding carboxylic acids is 1. The van der Waals surface area contributed by atoms with Gasteiger partial charge in [0.2, 0.25) is 0 Å². The van der Waals surface area contributed by atoms with Crippen LogP contribution in [0.3, 0.4) is 0 Å². The third-order valence-corrected chi connectivity index (χ3v) is 3.66. The van der Waals surface area contributed by atoms with Gasteiger partial charge in [0.1, 0.15) is 0 Å². The summed E-state index contributed by atoms with van der Waals surface area (Å²) in [4.78, 5) is 22.1. The molecule has 0 radical (unpaired) electrons. The van der Waals surface area contributed by atoms with Gasteiger partial charge in [-0.3, -0.25) is 14.9 Å². The number of nitro groups is 1. The van der Waals surface area contributed by atoms with Crippen molar-refractivity contribution >= 4 is 34.2 Å². The number of hydrogen-bond acceptors (Lipinski definition) is 3. The average Bonchev–Trinajstić information content (AvgIpc) is 2.38. The molecular weight excluding hydrogens is 359 g/mol. The Kier molecular flexibility index (Phi) is 6.75. The SMILES string of the molecule is CCCCCCNC(=O)c1cc([N+](=O)[O-])ccc1I. The van der Waals surface area contributed by atoms with Gasteiger partial charge in [-0.2, -0.15) is 0 Å². The lowest BCUT2D eigenvalue weighted by Gasteiger charge is -2.06. The van der Waals surface area contributed by atoms with Gasteiger partial charge in [0.05, 0.1) is 10.5 Å². The lowest BCUT2D eigenvalue weighted by Crippen LogP contribution is -2.25. The zero-order valence-electron chi connectivity index (χ0n) is 10.8. The van der Waals surface area contributed by atoms with E-state index in [4.69, 9.17) is 0 Å². The molecule has 1 N–H and O–H groups in total. The van der Waals surface area contributed by atoms with Crippen LogP contribution < -0.4 is 5.32 Å². The Labute approximate surface area is 126 Å². The maximum atomic E-state index is 11.9. The number of unbranched alkanes of at least 4 members (excludes halogenated alkanes) is 3. The summed E-state index contributed by atoms with van der Waals surface area (Å²) in [5.41, 5.74) is 0.307. The first-order valence-corrected chi connectivity index (χ1v) is 7.36. The number of hydrogen-bond donors (Lipinski definition) is 1. The predicted octanol–water partition coefficient (Wildman–Crippen LogP) is 3.51. The van der Waals surface area contributed by atoms with Crippen LogP contribution in [-0.2, 0) is 0 Å². The Balaban J connectivity index is 2.61. The number of rotatable bonds is 7. The highest BCUT2D eigenvalue weighted by Crippen LogP contribution is 2.19. The molecule has 1 rings (SSSR count). The molecule has 0 unspecified atom stereocenters. The summed E-state index contributed by atoms with van der Waals surface area (Å²) in [6.07, 6.45) is 4.33. The van der Waals surface area contributed by atoms with E-state index in [1.165, 1.54) is 12.1 Å². The fraction of sp³-hybridized carbons (Fsp3) is 0.462. The minimum atomic E-state index is -0.492. The summed E-state index contributed by atoms with van der Waals surface area (Å²) >= 11 is 2.01. The second kappa shape index (κ2) is 8.08. The van der Waals surface area contributed by atoms with Crippen LogP contribution in [0, 0.1) is 13.7 Å². The molecule has 104 valence electrons. The van der Waals surface area contributed by atoms with Gasteiger partial charge in [0.15, 0.2) is 0 Å². The maximum absolute atomic E-state index is 11.9. The van der Waals surface area contributed by atoms with Crippen LogP contribution in [0.25, 0.3) is 0 Å². The number of non-ortho nitro benzene ring substituents is 1. The Bertz CT molecular complexity index is 463. The van der Waals surface area contributed by atoms with Crippen molar-refractivity contribution in [3.05, 3.63) is 37.4 Å². The largest absolute Gasteiger partial charge is 0.352 e. The summed E-state index contributed by atoms with van der Waals surface area (Å²) in [6, 6.07) is 4.31. The molecule has 6 heteroatoms. The van der Waals surface area contributed by atoms with E-state index in [1.807, 2.05) is 22.6 Å². The maximum Gasteiger partial charge on any atom is 0.270 e. The summed E-state index contributed by atoms with van der Waals surface area (Å²) in [5, 5.41) is 13.5. The van der Waals surface area contributed by atoms with E-state index in [-0.39, 0.29) is 11.6 Å². The minimum Gasteiger partial charge on any atom is -0.352 e. The van der Waals surface area contributed by atoms with Gasteiger partial charge in [-0.25, -0.2) is 0 Å². The number of benzene rings is 1. The van der Waals surface area contributed by atoms with Crippen LogP contribution in [0.15, 0.2) is 18.2 Å². The van der Waals surface area contributed by atoms with Crippen molar-refractivity contribution in [2.75, 3.05) is 6.54 Å². The van der Waals surface area contributed by atoms with E-state index in [0.717, 1.165) is 25.7 Å². The van der Waals surface area contributed by atoms with Crippen molar-refractivity contribution < 1.29 is 9.72 Å². The molecule has 0 saturated carbocycles. The highest BCUT2D eigenvalue weighted by Gasteiger charge is 2.14. The average molecular weight is 376 g/mol. The van der Waals surface area contributed by atoms with Crippen LogP contribution in [0.4, 0.5) is 5.69 Å². The molecule has 1 amide bonds. The molecule has 0 aliphatic rings. The number of nitrogens with zero attached hydrogens (tertiary/aromatic N) is 1. The van der Waals surface area contributed by atoms with Crippen LogP contribution in [0.2, 0.25) is 0 Å². The third-order valence-electron chi connectivity index (χ3n) is 2.72. The van der Waals surface area contributed by atoms with Gasteiger partial charge in [-0.1, -0.05) is 26.2 Å². The molecule has 0 atom stereocenters. The van der Waals surface area contributed by atoms with Gasteiger partial charge in [-0.15, -0.1) is 0 Å². The Morgan fingerprint density at radius 1 is 1.37 bits per heavy atom. The van der Waals surface area contributed by atoms with E-state index >= 15 is 0 Å². The smallest absolute Gasteiger partial charge is 0.270 e. The molecule has 0 fully saturated rings. The molecule has 0 aromatic heterocycles.